The third kappa shape index (κ3) is 3.42. The summed E-state index contributed by atoms with van der Waals surface area (Å²) in [6.07, 6.45) is 2.94. The molecule has 2 amide bonds. The molecule has 1 atom stereocenters. The van der Waals surface area contributed by atoms with E-state index in [1.54, 1.807) is 12.1 Å². The standard InChI is InChI=1S/C13H15N5O2/c14-11(19)8-18-7-10(6-16-18)17-13(20)12(15)9-4-2-1-3-5-9/h1-7,12H,8,15H2,(H2,14,19)(H,17,20)/t12-/m0/s1. The van der Waals surface area contributed by atoms with Gasteiger partial charge in [-0.05, 0) is 5.56 Å². The van der Waals surface area contributed by atoms with Crippen LogP contribution >= 0.6 is 0 Å². The minimum atomic E-state index is -0.768. The fourth-order valence-electron chi connectivity index (χ4n) is 1.71. The van der Waals surface area contributed by atoms with Crippen molar-refractivity contribution in [1.29, 1.82) is 0 Å². The van der Waals surface area contributed by atoms with Crippen LogP contribution in [0.4, 0.5) is 5.69 Å². The molecule has 7 heteroatoms. The number of nitrogens with two attached hydrogens (primary N) is 2. The first-order chi connectivity index (χ1) is 9.56. The van der Waals surface area contributed by atoms with E-state index in [1.165, 1.54) is 17.1 Å². The number of aromatic nitrogens is 2. The molecule has 1 aromatic carbocycles. The zero-order chi connectivity index (χ0) is 14.5. The van der Waals surface area contributed by atoms with Crippen LogP contribution in [0.15, 0.2) is 42.7 Å². The van der Waals surface area contributed by atoms with Gasteiger partial charge in [-0.1, -0.05) is 30.3 Å². The van der Waals surface area contributed by atoms with Crippen LogP contribution in [0.3, 0.4) is 0 Å². The summed E-state index contributed by atoms with van der Waals surface area (Å²) in [5.41, 5.74) is 12.1. The average molecular weight is 273 g/mol. The molecule has 5 N–H and O–H groups in total. The number of hydrogen-bond donors (Lipinski definition) is 3. The highest BCUT2D eigenvalue weighted by Gasteiger charge is 2.16. The second kappa shape index (κ2) is 5.98. The van der Waals surface area contributed by atoms with Crippen LogP contribution in [0.1, 0.15) is 11.6 Å². The molecule has 1 aromatic heterocycles. The van der Waals surface area contributed by atoms with Crippen molar-refractivity contribution in [2.75, 3.05) is 5.32 Å². The molecule has 0 aliphatic rings. The molecule has 20 heavy (non-hydrogen) atoms. The van der Waals surface area contributed by atoms with Gasteiger partial charge in [-0.15, -0.1) is 0 Å². The number of anilines is 1. The van der Waals surface area contributed by atoms with Crippen LogP contribution in [-0.2, 0) is 16.1 Å². The lowest BCUT2D eigenvalue weighted by Gasteiger charge is -2.11. The first-order valence-electron chi connectivity index (χ1n) is 5.98. The third-order valence-electron chi connectivity index (χ3n) is 2.66. The van der Waals surface area contributed by atoms with Crippen molar-refractivity contribution < 1.29 is 9.59 Å². The minimum absolute atomic E-state index is 0.0411. The van der Waals surface area contributed by atoms with Gasteiger partial charge in [0.15, 0.2) is 0 Å². The Bertz CT molecular complexity index is 608. The molecule has 0 fully saturated rings. The molecular formula is C13H15N5O2. The van der Waals surface area contributed by atoms with Gasteiger partial charge in [0, 0.05) is 6.20 Å². The number of nitrogens with one attached hydrogen (secondary N) is 1. The lowest BCUT2D eigenvalue weighted by molar-refractivity contribution is -0.119. The Balaban J connectivity index is 2.01. The summed E-state index contributed by atoms with van der Waals surface area (Å²) in [4.78, 5) is 22.7. The van der Waals surface area contributed by atoms with Crippen LogP contribution < -0.4 is 16.8 Å². The van der Waals surface area contributed by atoms with Crippen molar-refractivity contribution in [2.45, 2.75) is 12.6 Å². The Hall–Kier alpha value is -2.67. The van der Waals surface area contributed by atoms with Gasteiger partial charge in [0.2, 0.25) is 11.8 Å². The first-order valence-corrected chi connectivity index (χ1v) is 5.98. The van der Waals surface area contributed by atoms with Gasteiger partial charge in [-0.2, -0.15) is 5.10 Å². The molecule has 7 nitrogen and oxygen atoms in total. The van der Waals surface area contributed by atoms with Crippen molar-refractivity contribution in [3.8, 4) is 0 Å². The highest BCUT2D eigenvalue weighted by atomic mass is 16.2. The number of benzene rings is 1. The maximum absolute atomic E-state index is 12.0. The number of hydrogen-bond acceptors (Lipinski definition) is 4. The summed E-state index contributed by atoms with van der Waals surface area (Å²) < 4.78 is 1.34. The van der Waals surface area contributed by atoms with Crippen LogP contribution in [0.25, 0.3) is 0 Å². The molecule has 0 aliphatic heterocycles. The van der Waals surface area contributed by atoms with Crippen LogP contribution in [0.2, 0.25) is 0 Å². The third-order valence-corrected chi connectivity index (χ3v) is 2.66. The molecule has 0 aliphatic carbocycles. The van der Waals surface area contributed by atoms with E-state index >= 15 is 0 Å². The second-order valence-corrected chi connectivity index (χ2v) is 4.27. The number of rotatable bonds is 5. The van der Waals surface area contributed by atoms with Gasteiger partial charge in [0.1, 0.15) is 12.6 Å². The second-order valence-electron chi connectivity index (χ2n) is 4.27. The van der Waals surface area contributed by atoms with E-state index < -0.39 is 11.9 Å². The van der Waals surface area contributed by atoms with Gasteiger partial charge in [0.25, 0.3) is 0 Å². The van der Waals surface area contributed by atoms with Crippen molar-refractivity contribution in [2.24, 2.45) is 11.5 Å². The summed E-state index contributed by atoms with van der Waals surface area (Å²) in [6, 6.07) is 8.26. The van der Waals surface area contributed by atoms with E-state index in [9.17, 15) is 9.59 Å². The molecule has 0 radical (unpaired) electrons. The highest BCUT2D eigenvalue weighted by molar-refractivity contribution is 5.95. The van der Waals surface area contributed by atoms with Gasteiger partial charge < -0.3 is 16.8 Å². The number of carbonyl (C=O) groups excluding carboxylic acids is 2. The zero-order valence-electron chi connectivity index (χ0n) is 10.7. The van der Waals surface area contributed by atoms with Gasteiger partial charge in [0.05, 0.1) is 11.9 Å². The van der Waals surface area contributed by atoms with Gasteiger partial charge in [-0.25, -0.2) is 0 Å². The molecule has 0 spiro atoms. The number of primary amides is 1. The van der Waals surface area contributed by atoms with Crippen molar-refractivity contribution in [3.63, 3.8) is 0 Å². The molecule has 104 valence electrons. The molecule has 0 unspecified atom stereocenters. The van der Waals surface area contributed by atoms with Crippen molar-refractivity contribution >= 4 is 17.5 Å². The van der Waals surface area contributed by atoms with E-state index in [0.717, 1.165) is 5.56 Å². The normalized spacial score (nSPS) is 11.8. The number of nitrogens with zero attached hydrogens (tertiary/aromatic N) is 2. The molecular weight excluding hydrogens is 258 g/mol. The molecule has 0 saturated carbocycles. The first kappa shape index (κ1) is 13.8. The monoisotopic (exact) mass is 273 g/mol. The van der Waals surface area contributed by atoms with Crippen LogP contribution in [-0.4, -0.2) is 21.6 Å². The van der Waals surface area contributed by atoms with Crippen LogP contribution in [0.5, 0.6) is 0 Å². The maximum atomic E-state index is 12.0. The van der Waals surface area contributed by atoms with Crippen molar-refractivity contribution in [3.05, 3.63) is 48.3 Å². The zero-order valence-corrected chi connectivity index (χ0v) is 10.7. The van der Waals surface area contributed by atoms with E-state index in [-0.39, 0.29) is 12.5 Å². The summed E-state index contributed by atoms with van der Waals surface area (Å²) in [5, 5.41) is 6.54. The summed E-state index contributed by atoms with van der Waals surface area (Å²) in [6.45, 7) is -0.0411. The quantitative estimate of drug-likeness (QED) is 0.711. The Labute approximate surface area is 115 Å². The fourth-order valence-corrected chi connectivity index (χ4v) is 1.71. The van der Waals surface area contributed by atoms with E-state index in [2.05, 4.69) is 10.4 Å². The molecule has 0 bridgehead atoms. The van der Waals surface area contributed by atoms with Gasteiger partial charge in [-0.3, -0.25) is 14.3 Å². The average Bonchev–Trinajstić information content (AvgIpc) is 2.85. The largest absolute Gasteiger partial charge is 0.368 e. The predicted molar refractivity (Wildman–Crippen MR) is 73.4 cm³/mol. The Morgan fingerprint density at radius 3 is 2.65 bits per heavy atom. The summed E-state index contributed by atoms with van der Waals surface area (Å²) in [7, 11) is 0. The Morgan fingerprint density at radius 1 is 1.30 bits per heavy atom. The molecule has 1 heterocycles. The highest BCUT2D eigenvalue weighted by Crippen LogP contribution is 2.13. The topological polar surface area (TPSA) is 116 Å². The number of carbonyl (C=O) groups is 2. The molecule has 2 aromatic rings. The molecule has 2 rings (SSSR count). The number of amides is 2. The Kier molecular flexibility index (Phi) is 4.11. The summed E-state index contributed by atoms with van der Waals surface area (Å²) >= 11 is 0. The predicted octanol–water partition coefficient (Wildman–Crippen LogP) is 0.00690. The smallest absolute Gasteiger partial charge is 0.245 e. The lowest BCUT2D eigenvalue weighted by Crippen LogP contribution is -2.27. The van der Waals surface area contributed by atoms with Gasteiger partial charge >= 0.3 is 0 Å². The fraction of sp³-hybridized carbons (Fsp3) is 0.154. The lowest BCUT2D eigenvalue weighted by atomic mass is 10.1. The Morgan fingerprint density at radius 2 is 2.00 bits per heavy atom. The van der Waals surface area contributed by atoms with Crippen molar-refractivity contribution in [1.82, 2.24) is 9.78 Å². The van der Waals surface area contributed by atoms with E-state index in [4.69, 9.17) is 11.5 Å². The van der Waals surface area contributed by atoms with E-state index in [0.29, 0.717) is 5.69 Å². The SMILES string of the molecule is NC(=O)Cn1cc(NC(=O)[C@@H](N)c2ccccc2)cn1. The van der Waals surface area contributed by atoms with E-state index in [1.807, 2.05) is 18.2 Å². The maximum Gasteiger partial charge on any atom is 0.245 e. The summed E-state index contributed by atoms with van der Waals surface area (Å²) in [5.74, 6) is -0.859. The van der Waals surface area contributed by atoms with Crippen LogP contribution in [0, 0.1) is 0 Å². The molecule has 0 saturated heterocycles. The minimum Gasteiger partial charge on any atom is -0.368 e.